The minimum absolute atomic E-state index is 0.306. The maximum atomic E-state index is 11.1. The standard InChI is InChI=1S/C13H18O4/c1-3-17-8-4-5-10-6-7-11(16-2)9-12(10)13(14)15/h6-7,9H,3-5,8H2,1-2H3,(H,14,15). The molecule has 17 heavy (non-hydrogen) atoms. The highest BCUT2D eigenvalue weighted by Gasteiger charge is 2.10. The lowest BCUT2D eigenvalue weighted by Gasteiger charge is -2.08. The van der Waals surface area contributed by atoms with Gasteiger partial charge < -0.3 is 14.6 Å². The van der Waals surface area contributed by atoms with E-state index in [1.807, 2.05) is 6.92 Å². The lowest BCUT2D eigenvalue weighted by molar-refractivity contribution is 0.0695. The van der Waals surface area contributed by atoms with Crippen molar-refractivity contribution in [1.82, 2.24) is 0 Å². The summed E-state index contributed by atoms with van der Waals surface area (Å²) >= 11 is 0. The number of rotatable bonds is 7. The fourth-order valence-corrected chi connectivity index (χ4v) is 1.61. The van der Waals surface area contributed by atoms with Gasteiger partial charge in [0, 0.05) is 13.2 Å². The van der Waals surface area contributed by atoms with Gasteiger partial charge in [-0.25, -0.2) is 4.79 Å². The Morgan fingerprint density at radius 2 is 2.18 bits per heavy atom. The first-order valence-electron chi connectivity index (χ1n) is 5.67. The molecule has 0 aliphatic carbocycles. The van der Waals surface area contributed by atoms with Crippen LogP contribution in [-0.4, -0.2) is 31.4 Å². The number of aryl methyl sites for hydroxylation is 1. The van der Waals surface area contributed by atoms with E-state index >= 15 is 0 Å². The molecule has 1 aromatic rings. The summed E-state index contributed by atoms with van der Waals surface area (Å²) in [5.41, 5.74) is 1.12. The van der Waals surface area contributed by atoms with Gasteiger partial charge in [-0.05, 0) is 37.5 Å². The zero-order chi connectivity index (χ0) is 12.7. The predicted octanol–water partition coefficient (Wildman–Crippen LogP) is 2.36. The molecule has 94 valence electrons. The van der Waals surface area contributed by atoms with Crippen LogP contribution >= 0.6 is 0 Å². The number of methoxy groups -OCH3 is 1. The molecule has 0 aliphatic rings. The molecule has 0 heterocycles. The van der Waals surface area contributed by atoms with Crippen molar-refractivity contribution < 1.29 is 19.4 Å². The van der Waals surface area contributed by atoms with Crippen molar-refractivity contribution in [3.05, 3.63) is 29.3 Å². The second-order valence-electron chi connectivity index (χ2n) is 3.63. The molecule has 0 saturated carbocycles. The lowest BCUT2D eigenvalue weighted by atomic mass is 10.0. The summed E-state index contributed by atoms with van der Waals surface area (Å²) in [5, 5.41) is 9.10. The number of aromatic carboxylic acids is 1. The third kappa shape index (κ3) is 4.07. The average molecular weight is 238 g/mol. The first-order chi connectivity index (χ1) is 8.19. The van der Waals surface area contributed by atoms with Crippen LogP contribution in [0.5, 0.6) is 5.75 Å². The van der Waals surface area contributed by atoms with Gasteiger partial charge >= 0.3 is 5.97 Å². The molecule has 1 N–H and O–H groups in total. The maximum absolute atomic E-state index is 11.1. The van der Waals surface area contributed by atoms with E-state index in [2.05, 4.69) is 0 Å². The summed E-state index contributed by atoms with van der Waals surface area (Å²) in [6.45, 7) is 3.28. The van der Waals surface area contributed by atoms with E-state index in [9.17, 15) is 4.79 Å². The second kappa shape index (κ2) is 6.91. The fourth-order valence-electron chi connectivity index (χ4n) is 1.61. The number of hydrogen-bond acceptors (Lipinski definition) is 3. The molecule has 0 aromatic heterocycles. The Balaban J connectivity index is 2.73. The molecule has 4 nitrogen and oxygen atoms in total. The van der Waals surface area contributed by atoms with Gasteiger partial charge in [-0.1, -0.05) is 6.07 Å². The van der Waals surface area contributed by atoms with Gasteiger partial charge in [0.1, 0.15) is 5.75 Å². The van der Waals surface area contributed by atoms with Gasteiger partial charge in [-0.15, -0.1) is 0 Å². The number of benzene rings is 1. The number of ether oxygens (including phenoxy) is 2. The van der Waals surface area contributed by atoms with Crippen molar-refractivity contribution in [3.8, 4) is 5.75 Å². The van der Waals surface area contributed by atoms with Crippen molar-refractivity contribution in [2.75, 3.05) is 20.3 Å². The van der Waals surface area contributed by atoms with Crippen LogP contribution in [0.1, 0.15) is 29.3 Å². The van der Waals surface area contributed by atoms with Gasteiger partial charge in [0.2, 0.25) is 0 Å². The van der Waals surface area contributed by atoms with Crippen molar-refractivity contribution in [1.29, 1.82) is 0 Å². The summed E-state index contributed by atoms with van der Waals surface area (Å²) in [6.07, 6.45) is 1.52. The van der Waals surface area contributed by atoms with Crippen molar-refractivity contribution >= 4 is 5.97 Å². The Kier molecular flexibility index (Phi) is 5.49. The quantitative estimate of drug-likeness (QED) is 0.741. The third-order valence-electron chi connectivity index (χ3n) is 2.49. The molecule has 0 fully saturated rings. The van der Waals surface area contributed by atoms with Crippen LogP contribution in [0.2, 0.25) is 0 Å². The Morgan fingerprint density at radius 3 is 2.76 bits per heavy atom. The van der Waals surface area contributed by atoms with Crippen LogP contribution in [0, 0.1) is 0 Å². The Hall–Kier alpha value is -1.55. The van der Waals surface area contributed by atoms with Crippen LogP contribution in [0.15, 0.2) is 18.2 Å². The molecule has 0 atom stereocenters. The summed E-state index contributed by atoms with van der Waals surface area (Å²) in [6, 6.07) is 5.13. The van der Waals surface area contributed by atoms with E-state index in [4.69, 9.17) is 14.6 Å². The second-order valence-corrected chi connectivity index (χ2v) is 3.63. The van der Waals surface area contributed by atoms with E-state index < -0.39 is 5.97 Å². The van der Waals surface area contributed by atoms with E-state index in [-0.39, 0.29) is 0 Å². The molecular weight excluding hydrogens is 220 g/mol. The highest BCUT2D eigenvalue weighted by Crippen LogP contribution is 2.19. The van der Waals surface area contributed by atoms with Crippen molar-refractivity contribution in [3.63, 3.8) is 0 Å². The topological polar surface area (TPSA) is 55.8 Å². The van der Waals surface area contributed by atoms with Crippen LogP contribution in [-0.2, 0) is 11.2 Å². The molecule has 0 unspecified atom stereocenters. The van der Waals surface area contributed by atoms with Gasteiger partial charge in [0.05, 0.1) is 12.7 Å². The summed E-state index contributed by atoms with van der Waals surface area (Å²) in [5.74, 6) is -0.355. The Labute approximate surface area is 101 Å². The minimum atomic E-state index is -0.921. The van der Waals surface area contributed by atoms with Crippen molar-refractivity contribution in [2.45, 2.75) is 19.8 Å². The molecule has 0 amide bonds. The Morgan fingerprint density at radius 1 is 1.41 bits per heavy atom. The molecule has 0 radical (unpaired) electrons. The number of carbonyl (C=O) groups is 1. The minimum Gasteiger partial charge on any atom is -0.497 e. The lowest BCUT2D eigenvalue weighted by Crippen LogP contribution is -2.04. The zero-order valence-electron chi connectivity index (χ0n) is 10.2. The molecular formula is C13H18O4. The number of carboxylic acid groups (broad SMARTS) is 1. The van der Waals surface area contributed by atoms with Gasteiger partial charge in [-0.2, -0.15) is 0 Å². The average Bonchev–Trinajstić information content (AvgIpc) is 2.34. The van der Waals surface area contributed by atoms with E-state index in [1.54, 1.807) is 18.2 Å². The predicted molar refractivity (Wildman–Crippen MR) is 64.8 cm³/mol. The number of carboxylic acids is 1. The molecule has 0 aliphatic heterocycles. The third-order valence-corrected chi connectivity index (χ3v) is 2.49. The SMILES string of the molecule is CCOCCCc1ccc(OC)cc1C(=O)O. The highest BCUT2D eigenvalue weighted by atomic mass is 16.5. The van der Waals surface area contributed by atoms with Crippen LogP contribution in [0.3, 0.4) is 0 Å². The summed E-state index contributed by atoms with van der Waals surface area (Å²) in [4.78, 5) is 11.1. The number of hydrogen-bond donors (Lipinski definition) is 1. The fraction of sp³-hybridized carbons (Fsp3) is 0.462. The molecule has 1 rings (SSSR count). The Bertz CT molecular complexity index is 374. The van der Waals surface area contributed by atoms with E-state index in [1.165, 1.54) is 7.11 Å². The molecule has 4 heteroatoms. The normalized spacial score (nSPS) is 10.2. The van der Waals surface area contributed by atoms with E-state index in [0.717, 1.165) is 12.0 Å². The molecule has 0 bridgehead atoms. The van der Waals surface area contributed by atoms with Crippen LogP contribution in [0.4, 0.5) is 0 Å². The monoisotopic (exact) mass is 238 g/mol. The van der Waals surface area contributed by atoms with Crippen molar-refractivity contribution in [2.24, 2.45) is 0 Å². The van der Waals surface area contributed by atoms with Gasteiger partial charge in [0.15, 0.2) is 0 Å². The molecule has 0 saturated heterocycles. The molecule has 1 aromatic carbocycles. The van der Waals surface area contributed by atoms with Gasteiger partial charge in [0.25, 0.3) is 0 Å². The summed E-state index contributed by atoms with van der Waals surface area (Å²) in [7, 11) is 1.52. The zero-order valence-corrected chi connectivity index (χ0v) is 10.2. The van der Waals surface area contributed by atoms with Crippen LogP contribution < -0.4 is 4.74 Å². The van der Waals surface area contributed by atoms with Crippen LogP contribution in [0.25, 0.3) is 0 Å². The largest absolute Gasteiger partial charge is 0.497 e. The smallest absolute Gasteiger partial charge is 0.336 e. The first kappa shape index (κ1) is 13.5. The summed E-state index contributed by atoms with van der Waals surface area (Å²) < 4.78 is 10.2. The molecule has 0 spiro atoms. The maximum Gasteiger partial charge on any atom is 0.336 e. The van der Waals surface area contributed by atoms with E-state index in [0.29, 0.717) is 30.9 Å². The van der Waals surface area contributed by atoms with Gasteiger partial charge in [-0.3, -0.25) is 0 Å². The highest BCUT2D eigenvalue weighted by molar-refractivity contribution is 5.89. The first-order valence-corrected chi connectivity index (χ1v) is 5.67.